The monoisotopic (exact) mass is 330 g/mol. The average Bonchev–Trinajstić information content (AvgIpc) is 2.57. The molecule has 128 valence electrons. The SMILES string of the molecule is COc1cc(CC(=O)Nc2cc(N)ccc2C)cc(OC)c1OC. The zero-order chi connectivity index (χ0) is 17.7. The minimum absolute atomic E-state index is 0.155. The van der Waals surface area contributed by atoms with Crippen molar-refractivity contribution >= 4 is 17.3 Å². The molecule has 0 radical (unpaired) electrons. The first kappa shape index (κ1) is 17.5. The van der Waals surface area contributed by atoms with Crippen molar-refractivity contribution in [2.75, 3.05) is 32.4 Å². The van der Waals surface area contributed by atoms with E-state index in [0.717, 1.165) is 11.1 Å². The first-order valence-electron chi connectivity index (χ1n) is 7.43. The lowest BCUT2D eigenvalue weighted by atomic mass is 10.1. The van der Waals surface area contributed by atoms with Gasteiger partial charge in [0, 0.05) is 11.4 Å². The van der Waals surface area contributed by atoms with E-state index in [4.69, 9.17) is 19.9 Å². The van der Waals surface area contributed by atoms with Crippen LogP contribution in [-0.2, 0) is 11.2 Å². The summed E-state index contributed by atoms with van der Waals surface area (Å²) in [6.45, 7) is 1.91. The minimum atomic E-state index is -0.155. The topological polar surface area (TPSA) is 82.8 Å². The van der Waals surface area contributed by atoms with Gasteiger partial charge in [-0.1, -0.05) is 6.07 Å². The molecule has 6 nitrogen and oxygen atoms in total. The Morgan fingerprint density at radius 2 is 1.67 bits per heavy atom. The highest BCUT2D eigenvalue weighted by Crippen LogP contribution is 2.38. The fourth-order valence-corrected chi connectivity index (χ4v) is 2.39. The van der Waals surface area contributed by atoms with Gasteiger partial charge in [-0.05, 0) is 42.3 Å². The zero-order valence-corrected chi connectivity index (χ0v) is 14.3. The van der Waals surface area contributed by atoms with E-state index in [1.807, 2.05) is 13.0 Å². The number of hydrogen-bond donors (Lipinski definition) is 2. The summed E-state index contributed by atoms with van der Waals surface area (Å²) in [7, 11) is 4.61. The Balaban J connectivity index is 2.21. The van der Waals surface area contributed by atoms with Crippen molar-refractivity contribution in [2.24, 2.45) is 0 Å². The lowest BCUT2D eigenvalue weighted by Gasteiger charge is -2.14. The summed E-state index contributed by atoms with van der Waals surface area (Å²) < 4.78 is 15.9. The predicted molar refractivity (Wildman–Crippen MR) is 94.0 cm³/mol. The summed E-state index contributed by atoms with van der Waals surface area (Å²) >= 11 is 0. The lowest BCUT2D eigenvalue weighted by Crippen LogP contribution is -2.15. The van der Waals surface area contributed by atoms with Crippen LogP contribution < -0.4 is 25.3 Å². The molecule has 0 saturated heterocycles. The van der Waals surface area contributed by atoms with Crippen LogP contribution in [0.5, 0.6) is 17.2 Å². The second-order valence-electron chi connectivity index (χ2n) is 5.33. The van der Waals surface area contributed by atoms with E-state index >= 15 is 0 Å². The third kappa shape index (κ3) is 3.90. The number of anilines is 2. The van der Waals surface area contributed by atoms with Crippen LogP contribution in [0.4, 0.5) is 11.4 Å². The number of carbonyl (C=O) groups is 1. The number of benzene rings is 2. The van der Waals surface area contributed by atoms with Gasteiger partial charge >= 0.3 is 0 Å². The van der Waals surface area contributed by atoms with E-state index in [2.05, 4.69) is 5.32 Å². The van der Waals surface area contributed by atoms with Crippen LogP contribution in [0, 0.1) is 6.92 Å². The van der Waals surface area contributed by atoms with Gasteiger partial charge in [0.2, 0.25) is 11.7 Å². The molecule has 0 saturated carbocycles. The average molecular weight is 330 g/mol. The van der Waals surface area contributed by atoms with Gasteiger partial charge in [-0.2, -0.15) is 0 Å². The summed E-state index contributed by atoms with van der Waals surface area (Å²) in [5.41, 5.74) is 8.77. The summed E-state index contributed by atoms with van der Waals surface area (Å²) in [6.07, 6.45) is 0.172. The van der Waals surface area contributed by atoms with Crippen LogP contribution in [0.1, 0.15) is 11.1 Å². The summed E-state index contributed by atoms with van der Waals surface area (Å²) in [6, 6.07) is 8.91. The molecular formula is C18H22N2O4. The van der Waals surface area contributed by atoms with Gasteiger partial charge in [0.05, 0.1) is 27.8 Å². The van der Waals surface area contributed by atoms with E-state index < -0.39 is 0 Å². The lowest BCUT2D eigenvalue weighted by molar-refractivity contribution is -0.115. The Labute approximate surface area is 141 Å². The molecule has 2 aromatic rings. The largest absolute Gasteiger partial charge is 0.493 e. The maximum absolute atomic E-state index is 12.3. The second-order valence-corrected chi connectivity index (χ2v) is 5.33. The standard InChI is InChI=1S/C18H22N2O4/c1-11-5-6-13(19)10-14(11)20-17(21)9-12-7-15(22-2)18(24-4)16(8-12)23-3/h5-8,10H,9,19H2,1-4H3,(H,20,21). The van der Waals surface area contributed by atoms with E-state index in [9.17, 15) is 4.79 Å². The fraction of sp³-hybridized carbons (Fsp3) is 0.278. The van der Waals surface area contributed by atoms with Crippen LogP contribution in [0.2, 0.25) is 0 Å². The highest BCUT2D eigenvalue weighted by atomic mass is 16.5. The maximum atomic E-state index is 12.3. The first-order chi connectivity index (χ1) is 11.5. The van der Waals surface area contributed by atoms with Gasteiger partial charge in [-0.25, -0.2) is 0 Å². The molecule has 3 N–H and O–H groups in total. The number of methoxy groups -OCH3 is 3. The molecule has 2 aromatic carbocycles. The molecule has 6 heteroatoms. The Hall–Kier alpha value is -2.89. The number of hydrogen-bond acceptors (Lipinski definition) is 5. The molecule has 0 spiro atoms. The van der Waals surface area contributed by atoms with Gasteiger partial charge in [0.25, 0.3) is 0 Å². The molecule has 2 rings (SSSR count). The molecule has 1 amide bonds. The molecule has 0 atom stereocenters. The summed E-state index contributed by atoms with van der Waals surface area (Å²) in [5.74, 6) is 1.37. The number of nitrogens with one attached hydrogen (secondary N) is 1. The van der Waals surface area contributed by atoms with Crippen LogP contribution in [-0.4, -0.2) is 27.2 Å². The number of aryl methyl sites for hydroxylation is 1. The molecule has 0 heterocycles. The highest BCUT2D eigenvalue weighted by molar-refractivity contribution is 5.93. The third-order valence-electron chi connectivity index (χ3n) is 3.62. The Morgan fingerprint density at radius 1 is 1.04 bits per heavy atom. The van der Waals surface area contributed by atoms with E-state index in [-0.39, 0.29) is 12.3 Å². The summed E-state index contributed by atoms with van der Waals surface area (Å²) in [4.78, 5) is 12.3. The van der Waals surface area contributed by atoms with E-state index in [1.165, 1.54) is 21.3 Å². The molecule has 0 fully saturated rings. The second kappa shape index (κ2) is 7.59. The number of carbonyl (C=O) groups excluding carboxylic acids is 1. The molecule has 0 aliphatic carbocycles. The number of amides is 1. The maximum Gasteiger partial charge on any atom is 0.228 e. The van der Waals surface area contributed by atoms with Crippen LogP contribution in [0.15, 0.2) is 30.3 Å². The Bertz CT molecular complexity index is 719. The van der Waals surface area contributed by atoms with Crippen LogP contribution in [0.25, 0.3) is 0 Å². The Kier molecular flexibility index (Phi) is 5.52. The molecule has 0 aromatic heterocycles. The number of ether oxygens (including phenoxy) is 3. The fourth-order valence-electron chi connectivity index (χ4n) is 2.39. The quantitative estimate of drug-likeness (QED) is 0.796. The van der Waals surface area contributed by atoms with Gasteiger partial charge in [-0.15, -0.1) is 0 Å². The molecule has 0 aliphatic rings. The van der Waals surface area contributed by atoms with Crippen LogP contribution >= 0.6 is 0 Å². The van der Waals surface area contributed by atoms with Crippen molar-refractivity contribution in [3.8, 4) is 17.2 Å². The van der Waals surface area contributed by atoms with Gasteiger partial charge in [-0.3, -0.25) is 4.79 Å². The molecular weight excluding hydrogens is 308 g/mol. The van der Waals surface area contributed by atoms with Crippen LogP contribution in [0.3, 0.4) is 0 Å². The van der Waals surface area contributed by atoms with Gasteiger partial charge in [0.15, 0.2) is 11.5 Å². The smallest absolute Gasteiger partial charge is 0.228 e. The van der Waals surface area contributed by atoms with Gasteiger partial charge in [0.1, 0.15) is 0 Å². The van der Waals surface area contributed by atoms with Crippen molar-refractivity contribution in [1.82, 2.24) is 0 Å². The highest BCUT2D eigenvalue weighted by Gasteiger charge is 2.15. The van der Waals surface area contributed by atoms with Crippen molar-refractivity contribution in [1.29, 1.82) is 0 Å². The van der Waals surface area contributed by atoms with E-state index in [1.54, 1.807) is 24.3 Å². The normalized spacial score (nSPS) is 10.2. The van der Waals surface area contributed by atoms with Crippen molar-refractivity contribution in [2.45, 2.75) is 13.3 Å². The molecule has 0 unspecified atom stereocenters. The predicted octanol–water partition coefficient (Wildman–Crippen LogP) is 2.78. The number of nitrogen functional groups attached to an aromatic ring is 1. The van der Waals surface area contributed by atoms with Gasteiger partial charge < -0.3 is 25.3 Å². The van der Waals surface area contributed by atoms with Crippen molar-refractivity contribution < 1.29 is 19.0 Å². The first-order valence-corrected chi connectivity index (χ1v) is 7.43. The zero-order valence-electron chi connectivity index (χ0n) is 14.3. The third-order valence-corrected chi connectivity index (χ3v) is 3.62. The van der Waals surface area contributed by atoms with E-state index in [0.29, 0.717) is 28.6 Å². The van der Waals surface area contributed by atoms with Crippen molar-refractivity contribution in [3.63, 3.8) is 0 Å². The number of rotatable bonds is 6. The minimum Gasteiger partial charge on any atom is -0.493 e. The van der Waals surface area contributed by atoms with Crippen molar-refractivity contribution in [3.05, 3.63) is 41.5 Å². The number of nitrogens with two attached hydrogens (primary N) is 1. The molecule has 0 aliphatic heterocycles. The Morgan fingerprint density at radius 3 is 2.21 bits per heavy atom. The molecule has 0 bridgehead atoms. The summed E-state index contributed by atoms with van der Waals surface area (Å²) in [5, 5.41) is 2.87. The molecule has 24 heavy (non-hydrogen) atoms.